The van der Waals surface area contributed by atoms with Crippen molar-refractivity contribution < 1.29 is 5.21 Å². The first-order valence-electron chi connectivity index (χ1n) is 2.89. The summed E-state index contributed by atoms with van der Waals surface area (Å²) in [7, 11) is 0. The standard InChI is InChI=1S/C5H4N4OS/c10-9-2-8-4-3(5(9)11)6-1-7-4/h1-2,10H,(H,6,7). The maximum absolute atomic E-state index is 9.04. The van der Waals surface area contributed by atoms with Gasteiger partial charge in [0.1, 0.15) is 11.8 Å². The van der Waals surface area contributed by atoms with E-state index in [9.17, 15) is 0 Å². The molecule has 0 spiro atoms. The molecule has 0 saturated carbocycles. The minimum Gasteiger partial charge on any atom is -0.426 e. The van der Waals surface area contributed by atoms with E-state index in [2.05, 4.69) is 15.0 Å². The van der Waals surface area contributed by atoms with E-state index >= 15 is 0 Å². The van der Waals surface area contributed by atoms with Gasteiger partial charge in [0.25, 0.3) is 0 Å². The van der Waals surface area contributed by atoms with Crippen LogP contribution in [0, 0.1) is 4.64 Å². The topological polar surface area (TPSA) is 66.7 Å². The summed E-state index contributed by atoms with van der Waals surface area (Å²) in [6, 6.07) is 0. The molecule has 0 atom stereocenters. The summed E-state index contributed by atoms with van der Waals surface area (Å²) in [6.07, 6.45) is 2.69. The maximum Gasteiger partial charge on any atom is 0.182 e. The summed E-state index contributed by atoms with van der Waals surface area (Å²) in [5, 5.41) is 9.04. The highest BCUT2D eigenvalue weighted by Gasteiger charge is 1.99. The van der Waals surface area contributed by atoms with Crippen LogP contribution in [0.2, 0.25) is 0 Å². The van der Waals surface area contributed by atoms with E-state index < -0.39 is 0 Å². The molecule has 2 aromatic heterocycles. The number of H-pyrrole nitrogens is 1. The molecule has 0 aliphatic heterocycles. The molecule has 0 radical (unpaired) electrons. The third kappa shape index (κ3) is 0.795. The van der Waals surface area contributed by atoms with Crippen molar-refractivity contribution in [2.45, 2.75) is 0 Å². The van der Waals surface area contributed by atoms with Crippen LogP contribution in [0.15, 0.2) is 12.7 Å². The average molecular weight is 168 g/mol. The van der Waals surface area contributed by atoms with Crippen LogP contribution >= 0.6 is 12.2 Å². The molecule has 6 heteroatoms. The zero-order chi connectivity index (χ0) is 7.84. The molecule has 0 unspecified atom stereocenters. The monoisotopic (exact) mass is 168 g/mol. The third-order valence-corrected chi connectivity index (χ3v) is 1.72. The Bertz CT molecular complexity index is 445. The summed E-state index contributed by atoms with van der Waals surface area (Å²) in [5.74, 6) is 0. The molecule has 0 fully saturated rings. The molecule has 0 aliphatic carbocycles. The minimum absolute atomic E-state index is 0.285. The lowest BCUT2D eigenvalue weighted by Crippen LogP contribution is -1.95. The van der Waals surface area contributed by atoms with Crippen molar-refractivity contribution in [2.24, 2.45) is 0 Å². The second kappa shape index (κ2) is 2.03. The molecule has 2 N–H and O–H groups in total. The number of hydrogen-bond acceptors (Lipinski definition) is 4. The van der Waals surface area contributed by atoms with Crippen LogP contribution in [0.25, 0.3) is 11.2 Å². The first kappa shape index (κ1) is 6.29. The predicted molar refractivity (Wildman–Crippen MR) is 39.9 cm³/mol. The average Bonchev–Trinajstić information content (AvgIpc) is 2.45. The van der Waals surface area contributed by atoms with E-state index in [1.165, 1.54) is 12.7 Å². The lowest BCUT2D eigenvalue weighted by molar-refractivity contribution is 0.178. The Balaban J connectivity index is 3.05. The van der Waals surface area contributed by atoms with E-state index in [1.807, 2.05) is 0 Å². The zero-order valence-electron chi connectivity index (χ0n) is 5.35. The van der Waals surface area contributed by atoms with Crippen molar-refractivity contribution >= 4 is 23.4 Å². The molecule has 0 saturated heterocycles. The fourth-order valence-electron chi connectivity index (χ4n) is 0.819. The number of nitrogens with one attached hydrogen (secondary N) is 1. The van der Waals surface area contributed by atoms with Gasteiger partial charge >= 0.3 is 0 Å². The van der Waals surface area contributed by atoms with Gasteiger partial charge in [0.05, 0.1) is 6.33 Å². The van der Waals surface area contributed by atoms with Crippen molar-refractivity contribution in [3.05, 3.63) is 17.3 Å². The van der Waals surface area contributed by atoms with Gasteiger partial charge in [-0.1, -0.05) is 12.2 Å². The smallest absolute Gasteiger partial charge is 0.182 e. The predicted octanol–water partition coefficient (Wildman–Crippen LogP) is 0.726. The molecule has 0 aromatic carbocycles. The maximum atomic E-state index is 9.04. The van der Waals surface area contributed by atoms with Gasteiger partial charge in [0, 0.05) is 0 Å². The Morgan fingerprint density at radius 2 is 2.36 bits per heavy atom. The second-order valence-electron chi connectivity index (χ2n) is 2.00. The van der Waals surface area contributed by atoms with Crippen LogP contribution in [-0.4, -0.2) is 24.9 Å². The van der Waals surface area contributed by atoms with Gasteiger partial charge in [-0.05, 0) is 0 Å². The highest BCUT2D eigenvalue weighted by atomic mass is 32.1. The molecule has 2 rings (SSSR count). The Morgan fingerprint density at radius 3 is 3.18 bits per heavy atom. The van der Waals surface area contributed by atoms with Gasteiger partial charge in [0.15, 0.2) is 10.3 Å². The summed E-state index contributed by atoms with van der Waals surface area (Å²) in [6.45, 7) is 0. The highest BCUT2D eigenvalue weighted by molar-refractivity contribution is 7.71. The summed E-state index contributed by atoms with van der Waals surface area (Å²) in [4.78, 5) is 10.4. The number of hydrogen-bond donors (Lipinski definition) is 2. The van der Waals surface area contributed by atoms with Gasteiger partial charge < -0.3 is 10.2 Å². The van der Waals surface area contributed by atoms with Crippen LogP contribution in [-0.2, 0) is 0 Å². The van der Waals surface area contributed by atoms with Crippen LogP contribution < -0.4 is 0 Å². The number of aromatic nitrogens is 4. The van der Waals surface area contributed by atoms with Crippen molar-refractivity contribution in [1.82, 2.24) is 19.7 Å². The summed E-state index contributed by atoms with van der Waals surface area (Å²) >= 11 is 4.85. The van der Waals surface area contributed by atoms with Gasteiger partial charge in [-0.15, -0.1) is 0 Å². The number of nitrogens with zero attached hydrogens (tertiary/aromatic N) is 3. The Hall–Kier alpha value is -1.43. The molecule has 56 valence electrons. The normalized spacial score (nSPS) is 10.5. The third-order valence-electron chi connectivity index (χ3n) is 1.33. The van der Waals surface area contributed by atoms with Crippen LogP contribution in [0.1, 0.15) is 0 Å². The Kier molecular flexibility index (Phi) is 1.16. The number of imidazole rings is 1. The summed E-state index contributed by atoms with van der Waals surface area (Å²) < 4.78 is 1.06. The number of rotatable bonds is 0. The number of fused-ring (bicyclic) bond motifs is 1. The molecule has 0 aliphatic rings. The quantitative estimate of drug-likeness (QED) is 0.449. The fraction of sp³-hybridized carbons (Fsp3) is 0. The molecule has 0 bridgehead atoms. The lowest BCUT2D eigenvalue weighted by atomic mass is 10.6. The highest BCUT2D eigenvalue weighted by Crippen LogP contribution is 2.05. The lowest BCUT2D eigenvalue weighted by Gasteiger charge is -1.93. The van der Waals surface area contributed by atoms with Crippen LogP contribution in [0.5, 0.6) is 0 Å². The SMILES string of the molecule is On1cnc2nc[nH]c2c1=S. The van der Waals surface area contributed by atoms with Gasteiger partial charge in [-0.3, -0.25) is 0 Å². The minimum atomic E-state index is 0.285. The van der Waals surface area contributed by atoms with Gasteiger partial charge in [0.2, 0.25) is 0 Å². The molecular formula is C5H4N4OS. The molecule has 2 aromatic rings. The van der Waals surface area contributed by atoms with Crippen LogP contribution in [0.3, 0.4) is 0 Å². The van der Waals surface area contributed by atoms with Gasteiger partial charge in [-0.25, -0.2) is 9.97 Å². The summed E-state index contributed by atoms with van der Waals surface area (Å²) in [5.41, 5.74) is 1.09. The van der Waals surface area contributed by atoms with E-state index in [4.69, 9.17) is 17.4 Å². The fourth-order valence-corrected chi connectivity index (χ4v) is 1.02. The van der Waals surface area contributed by atoms with Crippen molar-refractivity contribution in [2.75, 3.05) is 0 Å². The Labute approximate surface area is 66.3 Å². The Morgan fingerprint density at radius 1 is 1.55 bits per heavy atom. The second-order valence-corrected chi connectivity index (χ2v) is 2.38. The molecule has 0 amide bonds. The van der Waals surface area contributed by atoms with E-state index in [-0.39, 0.29) is 4.64 Å². The zero-order valence-corrected chi connectivity index (χ0v) is 6.17. The largest absolute Gasteiger partial charge is 0.426 e. The van der Waals surface area contributed by atoms with E-state index in [0.717, 1.165) is 4.73 Å². The number of aromatic amines is 1. The van der Waals surface area contributed by atoms with Crippen molar-refractivity contribution in [3.8, 4) is 0 Å². The van der Waals surface area contributed by atoms with E-state index in [1.54, 1.807) is 0 Å². The molecule has 5 nitrogen and oxygen atoms in total. The van der Waals surface area contributed by atoms with E-state index in [0.29, 0.717) is 11.2 Å². The van der Waals surface area contributed by atoms with Crippen molar-refractivity contribution in [1.29, 1.82) is 0 Å². The molecule has 2 heterocycles. The van der Waals surface area contributed by atoms with Crippen LogP contribution in [0.4, 0.5) is 0 Å². The van der Waals surface area contributed by atoms with Gasteiger partial charge in [-0.2, -0.15) is 4.73 Å². The first-order valence-corrected chi connectivity index (χ1v) is 3.30. The van der Waals surface area contributed by atoms with Crippen molar-refractivity contribution in [3.63, 3.8) is 0 Å². The molecular weight excluding hydrogens is 164 g/mol. The molecule has 11 heavy (non-hydrogen) atoms. The first-order chi connectivity index (χ1) is 5.29.